The number of hydrogen-bond donors (Lipinski definition) is 1. The van der Waals surface area contributed by atoms with Crippen molar-refractivity contribution in [3.63, 3.8) is 0 Å². The highest BCUT2D eigenvalue weighted by Crippen LogP contribution is 2.33. The van der Waals surface area contributed by atoms with Gasteiger partial charge in [-0.25, -0.2) is 0 Å². The lowest BCUT2D eigenvalue weighted by Gasteiger charge is -2.28. The fraction of sp³-hybridized carbons (Fsp3) is 0.364. The molecule has 0 bridgehead atoms. The normalized spacial score (nSPS) is 19.2. The molecule has 0 radical (unpaired) electrons. The molecule has 0 saturated carbocycles. The van der Waals surface area contributed by atoms with Crippen molar-refractivity contribution in [2.45, 2.75) is 45.5 Å². The maximum Gasteiger partial charge on any atom is 0.255 e. The molecule has 0 aromatic heterocycles. The Kier molecular flexibility index (Phi) is 5.90. The van der Waals surface area contributed by atoms with E-state index in [4.69, 9.17) is 0 Å². The van der Waals surface area contributed by atoms with Gasteiger partial charge in [-0.2, -0.15) is 0 Å². The average Bonchev–Trinajstić information content (AvgIpc) is 3.09. The highest BCUT2D eigenvalue weighted by atomic mass is 32.2. The summed E-state index contributed by atoms with van der Waals surface area (Å²) in [6.45, 7) is 8.12. The second-order valence-electron chi connectivity index (χ2n) is 7.08. The van der Waals surface area contributed by atoms with Crippen LogP contribution in [0.2, 0.25) is 0 Å². The van der Waals surface area contributed by atoms with E-state index in [1.807, 2.05) is 63.2 Å². The number of hydrogen-bond acceptors (Lipinski definition) is 3. The van der Waals surface area contributed by atoms with Gasteiger partial charge in [0.25, 0.3) is 5.91 Å². The number of carbonyl (C=O) groups excluding carboxylic acids is 2. The lowest BCUT2D eigenvalue weighted by atomic mass is 10.1. The second-order valence-corrected chi connectivity index (χ2v) is 8.29. The van der Waals surface area contributed by atoms with Gasteiger partial charge in [-0.05, 0) is 62.6 Å². The van der Waals surface area contributed by atoms with Gasteiger partial charge in [0.1, 0.15) is 6.04 Å². The molecule has 1 N–H and O–H groups in total. The van der Waals surface area contributed by atoms with Crippen LogP contribution >= 0.6 is 11.8 Å². The van der Waals surface area contributed by atoms with Gasteiger partial charge < -0.3 is 10.2 Å². The fourth-order valence-electron chi connectivity index (χ4n) is 3.24. The van der Waals surface area contributed by atoms with Crippen LogP contribution in [0.15, 0.2) is 42.5 Å². The van der Waals surface area contributed by atoms with Gasteiger partial charge in [-0.3, -0.25) is 9.59 Å². The predicted molar refractivity (Wildman–Crippen MR) is 112 cm³/mol. The first-order chi connectivity index (χ1) is 12.9. The molecule has 2 aromatic carbocycles. The molecule has 5 heteroatoms. The van der Waals surface area contributed by atoms with E-state index in [9.17, 15) is 9.59 Å². The number of amides is 2. The van der Waals surface area contributed by atoms with E-state index in [0.717, 1.165) is 23.2 Å². The Bertz CT molecular complexity index is 848. The largest absolute Gasteiger partial charge is 0.324 e. The zero-order valence-electron chi connectivity index (χ0n) is 16.3. The second kappa shape index (κ2) is 8.17. The summed E-state index contributed by atoms with van der Waals surface area (Å²) in [5, 5.41) is 3.02. The van der Waals surface area contributed by atoms with Crippen LogP contribution in [0.1, 0.15) is 40.4 Å². The van der Waals surface area contributed by atoms with Crippen molar-refractivity contribution in [2.75, 3.05) is 11.1 Å². The first-order valence-corrected chi connectivity index (χ1v) is 10.3. The zero-order valence-corrected chi connectivity index (χ0v) is 17.1. The lowest BCUT2D eigenvalue weighted by molar-refractivity contribution is -0.119. The average molecular weight is 383 g/mol. The Hall–Kier alpha value is -2.27. The summed E-state index contributed by atoms with van der Waals surface area (Å²) < 4.78 is 0. The Morgan fingerprint density at radius 2 is 1.78 bits per heavy atom. The van der Waals surface area contributed by atoms with E-state index in [1.165, 1.54) is 5.56 Å². The van der Waals surface area contributed by atoms with Gasteiger partial charge in [0, 0.05) is 17.0 Å². The minimum absolute atomic E-state index is 0.0225. The van der Waals surface area contributed by atoms with Crippen LogP contribution in [-0.4, -0.2) is 33.9 Å². The van der Waals surface area contributed by atoms with Gasteiger partial charge in [0.15, 0.2) is 0 Å². The van der Waals surface area contributed by atoms with Gasteiger partial charge in [0.05, 0.1) is 5.37 Å². The van der Waals surface area contributed by atoms with Crippen molar-refractivity contribution in [3.05, 3.63) is 64.7 Å². The number of thioether (sulfide) groups is 1. The van der Waals surface area contributed by atoms with Crippen LogP contribution in [0.25, 0.3) is 0 Å². The molecule has 142 valence electrons. The Labute approximate surface area is 165 Å². The van der Waals surface area contributed by atoms with Crippen LogP contribution in [0.4, 0.5) is 5.69 Å². The van der Waals surface area contributed by atoms with Crippen LogP contribution in [-0.2, 0) is 4.79 Å². The van der Waals surface area contributed by atoms with E-state index < -0.39 is 6.04 Å². The molecule has 1 fully saturated rings. The first kappa shape index (κ1) is 19.5. The number of nitrogens with zero attached hydrogens (tertiary/aromatic N) is 1. The Morgan fingerprint density at radius 3 is 2.41 bits per heavy atom. The van der Waals surface area contributed by atoms with E-state index in [1.54, 1.807) is 16.7 Å². The maximum absolute atomic E-state index is 13.1. The molecule has 1 heterocycles. The number of rotatable bonds is 4. The predicted octanol–water partition coefficient (Wildman–Crippen LogP) is 4.54. The van der Waals surface area contributed by atoms with Gasteiger partial charge in [-0.1, -0.05) is 30.7 Å². The fourth-order valence-corrected chi connectivity index (χ4v) is 4.60. The summed E-state index contributed by atoms with van der Waals surface area (Å²) >= 11 is 1.67. The van der Waals surface area contributed by atoms with Gasteiger partial charge >= 0.3 is 0 Å². The molecular formula is C22H26N2O2S. The van der Waals surface area contributed by atoms with Crippen LogP contribution in [0.3, 0.4) is 0 Å². The van der Waals surface area contributed by atoms with Crippen molar-refractivity contribution in [3.8, 4) is 0 Å². The molecule has 1 aliphatic heterocycles. The minimum Gasteiger partial charge on any atom is -0.324 e. The molecule has 27 heavy (non-hydrogen) atoms. The molecule has 3 rings (SSSR count). The van der Waals surface area contributed by atoms with Crippen molar-refractivity contribution in [1.82, 2.24) is 4.90 Å². The lowest BCUT2D eigenvalue weighted by Crippen LogP contribution is -2.47. The van der Waals surface area contributed by atoms with Gasteiger partial charge in [0.2, 0.25) is 5.91 Å². The van der Waals surface area contributed by atoms with Crippen LogP contribution < -0.4 is 5.32 Å². The number of carbonyl (C=O) groups is 2. The van der Waals surface area contributed by atoms with Crippen LogP contribution in [0.5, 0.6) is 0 Å². The summed E-state index contributed by atoms with van der Waals surface area (Å²) in [7, 11) is 0. The van der Waals surface area contributed by atoms with E-state index >= 15 is 0 Å². The number of anilines is 1. The third-order valence-electron chi connectivity index (χ3n) is 5.05. The number of aryl methyl sites for hydroxylation is 3. The van der Waals surface area contributed by atoms with E-state index in [0.29, 0.717) is 11.3 Å². The highest BCUT2D eigenvalue weighted by Gasteiger charge is 2.41. The molecule has 0 spiro atoms. The molecule has 1 aliphatic rings. The molecule has 0 aliphatic carbocycles. The molecule has 2 unspecified atom stereocenters. The van der Waals surface area contributed by atoms with Crippen molar-refractivity contribution >= 4 is 29.3 Å². The molecule has 2 aromatic rings. The maximum atomic E-state index is 13.1. The van der Waals surface area contributed by atoms with Crippen LogP contribution in [0, 0.1) is 20.8 Å². The van der Waals surface area contributed by atoms with E-state index in [2.05, 4.69) is 12.2 Å². The smallest absolute Gasteiger partial charge is 0.255 e. The summed E-state index contributed by atoms with van der Waals surface area (Å²) in [5.74, 6) is 0.418. The zero-order chi connectivity index (χ0) is 19.6. The standard InChI is InChI=1S/C22H26N2O2S/c1-5-20-24(22(26)17-9-6-14(2)7-10-17)19(13-27-20)21(25)23-18-11-8-15(3)16(4)12-18/h6-12,19-20H,5,13H2,1-4H3,(H,23,25). The first-order valence-electron chi connectivity index (χ1n) is 9.29. The monoisotopic (exact) mass is 382 g/mol. The summed E-state index contributed by atoms with van der Waals surface area (Å²) in [6.07, 6.45) is 0.815. The summed E-state index contributed by atoms with van der Waals surface area (Å²) in [4.78, 5) is 27.8. The molecule has 2 atom stereocenters. The van der Waals surface area contributed by atoms with Crippen molar-refractivity contribution in [2.24, 2.45) is 0 Å². The topological polar surface area (TPSA) is 49.4 Å². The molecule has 2 amide bonds. The third-order valence-corrected chi connectivity index (χ3v) is 6.51. The molecular weight excluding hydrogens is 356 g/mol. The quantitative estimate of drug-likeness (QED) is 0.844. The van der Waals surface area contributed by atoms with Crippen molar-refractivity contribution in [1.29, 1.82) is 0 Å². The third kappa shape index (κ3) is 4.19. The SMILES string of the molecule is CCC1SCC(C(=O)Nc2ccc(C)c(C)c2)N1C(=O)c1ccc(C)cc1. The number of benzene rings is 2. The van der Waals surface area contributed by atoms with Gasteiger partial charge in [-0.15, -0.1) is 11.8 Å². The minimum atomic E-state index is -0.463. The number of nitrogens with one attached hydrogen (secondary N) is 1. The van der Waals surface area contributed by atoms with Crippen molar-refractivity contribution < 1.29 is 9.59 Å². The summed E-state index contributed by atoms with van der Waals surface area (Å²) in [6, 6.07) is 13.0. The summed E-state index contributed by atoms with van der Waals surface area (Å²) in [5.41, 5.74) is 4.83. The van der Waals surface area contributed by atoms with E-state index in [-0.39, 0.29) is 17.2 Å². The molecule has 4 nitrogen and oxygen atoms in total. The Balaban J connectivity index is 1.81. The highest BCUT2D eigenvalue weighted by molar-refractivity contribution is 8.00. The molecule has 1 saturated heterocycles. The Morgan fingerprint density at radius 1 is 1.07 bits per heavy atom.